The number of nitrogens with one attached hydrogen (secondary N) is 1. The number of aliphatic hydroxyl groups is 1. The van der Waals surface area contributed by atoms with E-state index in [1.54, 1.807) is 0 Å². The molecule has 0 unspecified atom stereocenters. The quantitative estimate of drug-likeness (QED) is 0.544. The first-order chi connectivity index (χ1) is 7.36. The molecule has 1 rings (SSSR count). The summed E-state index contributed by atoms with van der Waals surface area (Å²) in [5.41, 5.74) is 2.15. The Morgan fingerprint density at radius 2 is 2.13 bits per heavy atom. The van der Waals surface area contributed by atoms with E-state index in [0.717, 1.165) is 31.5 Å². The van der Waals surface area contributed by atoms with Gasteiger partial charge in [0.05, 0.1) is 6.61 Å². The molecule has 0 radical (unpaired) electrons. The lowest BCUT2D eigenvalue weighted by Crippen LogP contribution is -2.14. The predicted octanol–water partition coefficient (Wildman–Crippen LogP) is 1.68. The van der Waals surface area contributed by atoms with Crippen LogP contribution < -0.4 is 5.32 Å². The van der Waals surface area contributed by atoms with E-state index in [1.165, 1.54) is 5.56 Å². The minimum Gasteiger partial charge on any atom is -0.392 e. The highest BCUT2D eigenvalue weighted by Crippen LogP contribution is 2.04. The summed E-state index contributed by atoms with van der Waals surface area (Å²) in [6.07, 6.45) is 6.99. The summed E-state index contributed by atoms with van der Waals surface area (Å²) in [6.45, 7) is 1.87. The third kappa shape index (κ3) is 4.64. The summed E-state index contributed by atoms with van der Waals surface area (Å²) in [5.74, 6) is 2.61. The SMILES string of the molecule is C#CCCCNCc1cccc(CO)c1. The van der Waals surface area contributed by atoms with Crippen LogP contribution in [0.2, 0.25) is 0 Å². The van der Waals surface area contributed by atoms with Crippen LogP contribution in [0.4, 0.5) is 0 Å². The number of hydrogen-bond donors (Lipinski definition) is 2. The molecule has 0 aromatic heterocycles. The summed E-state index contributed by atoms with van der Waals surface area (Å²) in [5, 5.41) is 12.3. The Morgan fingerprint density at radius 3 is 2.87 bits per heavy atom. The Balaban J connectivity index is 2.28. The smallest absolute Gasteiger partial charge is 0.0681 e. The van der Waals surface area contributed by atoms with Crippen LogP contribution in [0.1, 0.15) is 24.0 Å². The van der Waals surface area contributed by atoms with E-state index in [1.807, 2.05) is 24.3 Å². The highest BCUT2D eigenvalue weighted by Gasteiger charge is 1.94. The van der Waals surface area contributed by atoms with Crippen molar-refractivity contribution in [2.75, 3.05) is 6.54 Å². The van der Waals surface area contributed by atoms with Gasteiger partial charge in [-0.15, -0.1) is 12.3 Å². The zero-order valence-electron chi connectivity index (χ0n) is 8.87. The Hall–Kier alpha value is -1.30. The van der Waals surface area contributed by atoms with Crippen LogP contribution in [0, 0.1) is 12.3 Å². The standard InChI is InChI=1S/C13H17NO/c1-2-3-4-8-14-10-12-6-5-7-13(9-12)11-15/h1,5-7,9,14-15H,3-4,8,10-11H2. The van der Waals surface area contributed by atoms with E-state index in [9.17, 15) is 0 Å². The number of terminal acetylenes is 1. The molecular weight excluding hydrogens is 186 g/mol. The molecular formula is C13H17NO. The van der Waals surface area contributed by atoms with Crippen molar-refractivity contribution in [2.24, 2.45) is 0 Å². The molecule has 0 aliphatic carbocycles. The Morgan fingerprint density at radius 1 is 1.33 bits per heavy atom. The largest absolute Gasteiger partial charge is 0.392 e. The van der Waals surface area contributed by atoms with Gasteiger partial charge in [0, 0.05) is 13.0 Å². The third-order valence-electron chi connectivity index (χ3n) is 2.18. The van der Waals surface area contributed by atoms with Crippen molar-refractivity contribution in [3.05, 3.63) is 35.4 Å². The van der Waals surface area contributed by atoms with Gasteiger partial charge in [-0.05, 0) is 24.1 Å². The van der Waals surface area contributed by atoms with E-state index in [2.05, 4.69) is 11.2 Å². The molecule has 0 spiro atoms. The topological polar surface area (TPSA) is 32.3 Å². The number of rotatable bonds is 6. The first-order valence-corrected chi connectivity index (χ1v) is 5.19. The third-order valence-corrected chi connectivity index (χ3v) is 2.18. The van der Waals surface area contributed by atoms with Crippen LogP contribution in [0.15, 0.2) is 24.3 Å². The maximum Gasteiger partial charge on any atom is 0.0681 e. The fourth-order valence-corrected chi connectivity index (χ4v) is 1.39. The molecule has 0 fully saturated rings. The summed E-state index contributed by atoms with van der Waals surface area (Å²) in [6, 6.07) is 7.94. The highest BCUT2D eigenvalue weighted by atomic mass is 16.3. The van der Waals surface area contributed by atoms with E-state index < -0.39 is 0 Å². The van der Waals surface area contributed by atoms with Crippen LogP contribution in [0.3, 0.4) is 0 Å². The van der Waals surface area contributed by atoms with Crippen LogP contribution in [-0.2, 0) is 13.2 Å². The maximum absolute atomic E-state index is 8.96. The molecule has 2 nitrogen and oxygen atoms in total. The minimum absolute atomic E-state index is 0.102. The fraction of sp³-hybridized carbons (Fsp3) is 0.385. The van der Waals surface area contributed by atoms with Crippen molar-refractivity contribution in [3.63, 3.8) is 0 Å². The lowest BCUT2D eigenvalue weighted by Gasteiger charge is -2.05. The molecule has 0 amide bonds. The van der Waals surface area contributed by atoms with Crippen molar-refractivity contribution in [1.29, 1.82) is 0 Å². The number of benzene rings is 1. The molecule has 0 aliphatic heterocycles. The molecule has 0 saturated carbocycles. The van der Waals surface area contributed by atoms with Gasteiger partial charge in [-0.3, -0.25) is 0 Å². The second kappa shape index (κ2) is 7.05. The van der Waals surface area contributed by atoms with Gasteiger partial charge in [-0.1, -0.05) is 24.3 Å². The van der Waals surface area contributed by atoms with Crippen LogP contribution in [-0.4, -0.2) is 11.7 Å². The summed E-state index contributed by atoms with van der Waals surface area (Å²) in [4.78, 5) is 0. The lowest BCUT2D eigenvalue weighted by molar-refractivity contribution is 0.281. The van der Waals surface area contributed by atoms with E-state index in [4.69, 9.17) is 11.5 Å². The van der Waals surface area contributed by atoms with E-state index in [0.29, 0.717) is 0 Å². The first-order valence-electron chi connectivity index (χ1n) is 5.19. The fourth-order valence-electron chi connectivity index (χ4n) is 1.39. The van der Waals surface area contributed by atoms with Crippen molar-refractivity contribution in [3.8, 4) is 12.3 Å². The van der Waals surface area contributed by atoms with Gasteiger partial charge >= 0.3 is 0 Å². The van der Waals surface area contributed by atoms with Gasteiger partial charge in [-0.25, -0.2) is 0 Å². The molecule has 80 valence electrons. The van der Waals surface area contributed by atoms with Crippen molar-refractivity contribution in [1.82, 2.24) is 5.32 Å². The zero-order valence-corrected chi connectivity index (χ0v) is 8.87. The number of hydrogen-bond acceptors (Lipinski definition) is 2. The molecule has 0 bridgehead atoms. The molecule has 2 heteroatoms. The van der Waals surface area contributed by atoms with Gasteiger partial charge in [0.25, 0.3) is 0 Å². The summed E-state index contributed by atoms with van der Waals surface area (Å²) in [7, 11) is 0. The molecule has 15 heavy (non-hydrogen) atoms. The van der Waals surface area contributed by atoms with Gasteiger partial charge in [0.2, 0.25) is 0 Å². The predicted molar refractivity (Wildman–Crippen MR) is 62.1 cm³/mol. The van der Waals surface area contributed by atoms with E-state index >= 15 is 0 Å². The van der Waals surface area contributed by atoms with Gasteiger partial charge in [-0.2, -0.15) is 0 Å². The minimum atomic E-state index is 0.102. The Labute approximate surface area is 91.3 Å². The Bertz CT molecular complexity index is 328. The molecule has 0 saturated heterocycles. The lowest BCUT2D eigenvalue weighted by atomic mass is 10.1. The summed E-state index contributed by atoms with van der Waals surface area (Å²) < 4.78 is 0. The first kappa shape index (κ1) is 11.8. The number of unbranched alkanes of at least 4 members (excludes halogenated alkanes) is 1. The van der Waals surface area contributed by atoms with Crippen LogP contribution in [0.25, 0.3) is 0 Å². The van der Waals surface area contributed by atoms with Crippen molar-refractivity contribution >= 4 is 0 Å². The second-order valence-electron chi connectivity index (χ2n) is 3.46. The average molecular weight is 203 g/mol. The normalized spacial score (nSPS) is 9.87. The van der Waals surface area contributed by atoms with Gasteiger partial charge in [0.1, 0.15) is 0 Å². The molecule has 1 aromatic rings. The van der Waals surface area contributed by atoms with Crippen molar-refractivity contribution < 1.29 is 5.11 Å². The molecule has 2 N–H and O–H groups in total. The number of aliphatic hydroxyl groups excluding tert-OH is 1. The van der Waals surface area contributed by atoms with Gasteiger partial charge < -0.3 is 10.4 Å². The van der Waals surface area contributed by atoms with E-state index in [-0.39, 0.29) is 6.61 Å². The van der Waals surface area contributed by atoms with Crippen LogP contribution >= 0.6 is 0 Å². The zero-order chi connectivity index (χ0) is 10.9. The monoisotopic (exact) mass is 203 g/mol. The molecule has 0 aliphatic rings. The Kier molecular flexibility index (Phi) is 5.54. The molecule has 0 atom stereocenters. The van der Waals surface area contributed by atoms with Crippen molar-refractivity contribution in [2.45, 2.75) is 26.0 Å². The maximum atomic E-state index is 8.96. The van der Waals surface area contributed by atoms with Gasteiger partial charge in [0.15, 0.2) is 0 Å². The summed E-state index contributed by atoms with van der Waals surface area (Å²) >= 11 is 0. The second-order valence-corrected chi connectivity index (χ2v) is 3.46. The highest BCUT2D eigenvalue weighted by molar-refractivity contribution is 5.22. The molecule has 0 heterocycles. The molecule has 1 aromatic carbocycles. The van der Waals surface area contributed by atoms with Crippen LogP contribution in [0.5, 0.6) is 0 Å². The average Bonchev–Trinajstić information content (AvgIpc) is 2.29.